The number of hydrogen-bond donors (Lipinski definition) is 0. The van der Waals surface area contributed by atoms with E-state index < -0.39 is 8.80 Å². The third-order valence-electron chi connectivity index (χ3n) is 5.88. The molecule has 0 aliphatic heterocycles. The molecule has 134 valence electrons. The highest BCUT2D eigenvalue weighted by molar-refractivity contribution is 6.91. The Morgan fingerprint density at radius 1 is 0.593 bits per heavy atom. The third-order valence-corrected chi connectivity index (χ3v) is 9.32. The molecule has 3 aromatic rings. The molecule has 0 N–H and O–H groups in total. The average Bonchev–Trinajstić information content (AvgIpc) is 3.00. The number of aryl methyl sites for hydroxylation is 1. The second-order valence-electron chi connectivity index (χ2n) is 7.55. The van der Waals surface area contributed by atoms with Crippen LogP contribution in [0.3, 0.4) is 0 Å². The third kappa shape index (κ3) is 3.48. The molecule has 0 saturated heterocycles. The lowest BCUT2D eigenvalue weighted by molar-refractivity contribution is 1.34. The lowest BCUT2D eigenvalue weighted by Crippen LogP contribution is -2.44. The summed E-state index contributed by atoms with van der Waals surface area (Å²) in [6.07, 6.45) is 1.08. The first kappa shape index (κ1) is 17.8. The zero-order valence-electron chi connectivity index (χ0n) is 16.4. The van der Waals surface area contributed by atoms with E-state index >= 15 is 0 Å². The van der Waals surface area contributed by atoms with E-state index in [2.05, 4.69) is 106 Å². The van der Waals surface area contributed by atoms with Gasteiger partial charge in [-0.3, -0.25) is 0 Å². The van der Waals surface area contributed by atoms with Crippen molar-refractivity contribution in [2.75, 3.05) is 0 Å². The van der Waals surface area contributed by atoms with Gasteiger partial charge in [-0.05, 0) is 43.9 Å². The van der Waals surface area contributed by atoms with Gasteiger partial charge < -0.3 is 0 Å². The molecular weight excluding hydrogens is 340 g/mol. The summed E-state index contributed by atoms with van der Waals surface area (Å²) in [5.74, 6) is 0. The van der Waals surface area contributed by atoms with Gasteiger partial charge in [-0.15, -0.1) is 0 Å². The van der Waals surface area contributed by atoms with Gasteiger partial charge in [0, 0.05) is 0 Å². The summed E-state index contributed by atoms with van der Waals surface area (Å²) >= 11 is 0. The van der Waals surface area contributed by atoms with Gasteiger partial charge in [0.05, 0.1) is 0 Å². The van der Waals surface area contributed by atoms with Crippen LogP contribution in [-0.2, 0) is 0 Å². The fraction of sp³-hybridized carbons (Fsp3) is 0.154. The van der Waals surface area contributed by atoms with Gasteiger partial charge >= 0.3 is 0 Å². The number of hydrogen-bond acceptors (Lipinski definition) is 0. The monoisotopic (exact) mass is 366 g/mol. The van der Waals surface area contributed by atoms with Crippen LogP contribution < -0.4 is 10.4 Å². The van der Waals surface area contributed by atoms with E-state index in [1.807, 2.05) is 0 Å². The summed E-state index contributed by atoms with van der Waals surface area (Å²) in [7, 11) is -1.43. The molecule has 0 unspecified atom stereocenters. The van der Waals surface area contributed by atoms with Crippen LogP contribution in [0.1, 0.15) is 31.4 Å². The summed E-state index contributed by atoms with van der Waals surface area (Å²) in [6.45, 7) is 6.79. The molecule has 1 aliphatic carbocycles. The van der Waals surface area contributed by atoms with Crippen molar-refractivity contribution in [1.82, 2.24) is 0 Å². The molecule has 0 radical (unpaired) electrons. The smallest absolute Gasteiger partial charge is 0.0668 e. The molecule has 0 heterocycles. The minimum absolute atomic E-state index is 1.08. The van der Waals surface area contributed by atoms with Crippen LogP contribution in [0.15, 0.2) is 101 Å². The first-order valence-corrected chi connectivity index (χ1v) is 11.4. The van der Waals surface area contributed by atoms with Gasteiger partial charge in [-0.25, -0.2) is 0 Å². The van der Waals surface area contributed by atoms with Gasteiger partial charge in [0.25, 0.3) is 0 Å². The maximum atomic E-state index is 2.33. The van der Waals surface area contributed by atoms with Crippen molar-refractivity contribution < 1.29 is 0 Å². The van der Waals surface area contributed by atoms with E-state index in [1.54, 1.807) is 5.20 Å². The Balaban J connectivity index is 1.77. The zero-order chi connectivity index (χ0) is 18.8. The second-order valence-corrected chi connectivity index (χ2v) is 10.4. The summed E-state index contributed by atoms with van der Waals surface area (Å²) in [4.78, 5) is 0. The SMILES string of the molecule is CC1=C(c2ccc(C)cc2)CC([SiH](c2ccccc2)c2ccccc2)=C1C. The fourth-order valence-electron chi connectivity index (χ4n) is 4.20. The molecule has 4 rings (SSSR count). The maximum Gasteiger partial charge on any atom is 0.129 e. The average molecular weight is 367 g/mol. The molecule has 0 saturated carbocycles. The van der Waals surface area contributed by atoms with Gasteiger partial charge in [0.2, 0.25) is 0 Å². The van der Waals surface area contributed by atoms with Crippen LogP contribution in [0, 0.1) is 6.92 Å². The molecular formula is C26H26Si. The van der Waals surface area contributed by atoms with Crippen molar-refractivity contribution >= 4 is 24.7 Å². The van der Waals surface area contributed by atoms with Crippen LogP contribution in [0.2, 0.25) is 0 Å². The van der Waals surface area contributed by atoms with E-state index in [0.29, 0.717) is 0 Å². The molecule has 1 aliphatic rings. The lowest BCUT2D eigenvalue weighted by Gasteiger charge is -2.20. The highest BCUT2D eigenvalue weighted by Gasteiger charge is 2.29. The minimum Gasteiger partial charge on any atom is -0.0668 e. The van der Waals surface area contributed by atoms with Crippen molar-refractivity contribution in [1.29, 1.82) is 0 Å². The highest BCUT2D eigenvalue weighted by Crippen LogP contribution is 2.39. The maximum absolute atomic E-state index is 2.33. The molecule has 0 amide bonds. The van der Waals surface area contributed by atoms with Gasteiger partial charge in [0.15, 0.2) is 0 Å². The molecule has 0 nitrogen and oxygen atoms in total. The van der Waals surface area contributed by atoms with Crippen LogP contribution in [-0.4, -0.2) is 8.80 Å². The van der Waals surface area contributed by atoms with Crippen molar-refractivity contribution in [2.45, 2.75) is 27.2 Å². The molecule has 0 bridgehead atoms. The minimum atomic E-state index is -1.43. The van der Waals surface area contributed by atoms with Gasteiger partial charge in [-0.2, -0.15) is 0 Å². The largest absolute Gasteiger partial charge is 0.129 e. The highest BCUT2D eigenvalue weighted by atomic mass is 28.3. The van der Waals surface area contributed by atoms with E-state index in [1.165, 1.54) is 38.2 Å². The second kappa shape index (κ2) is 7.54. The molecule has 3 aromatic carbocycles. The molecule has 0 spiro atoms. The van der Waals surface area contributed by atoms with Crippen molar-refractivity contribution in [3.63, 3.8) is 0 Å². The summed E-state index contributed by atoms with van der Waals surface area (Å²) in [5.41, 5.74) is 7.18. The first-order chi connectivity index (χ1) is 13.1. The number of rotatable bonds is 4. The van der Waals surface area contributed by atoms with Crippen LogP contribution >= 0.6 is 0 Å². The quantitative estimate of drug-likeness (QED) is 0.566. The van der Waals surface area contributed by atoms with Gasteiger partial charge in [0.1, 0.15) is 8.80 Å². The Bertz CT molecular complexity index is 954. The van der Waals surface area contributed by atoms with Crippen LogP contribution in [0.5, 0.6) is 0 Å². The van der Waals surface area contributed by atoms with Crippen molar-refractivity contribution in [2.24, 2.45) is 0 Å². The van der Waals surface area contributed by atoms with Crippen molar-refractivity contribution in [3.8, 4) is 0 Å². The standard InChI is InChI=1S/C26H26Si/c1-19-14-16-22(17-15-19)25-18-26(21(3)20(25)2)27(23-10-6-4-7-11-23)24-12-8-5-9-13-24/h4-17,27H,18H2,1-3H3. The van der Waals surface area contributed by atoms with Crippen LogP contribution in [0.25, 0.3) is 5.57 Å². The van der Waals surface area contributed by atoms with E-state index in [4.69, 9.17) is 0 Å². The number of allylic oxidation sites excluding steroid dienone is 4. The molecule has 0 atom stereocenters. The Morgan fingerprint density at radius 2 is 1.11 bits per heavy atom. The predicted molar refractivity (Wildman–Crippen MR) is 120 cm³/mol. The number of benzene rings is 3. The van der Waals surface area contributed by atoms with E-state index in [0.717, 1.165) is 6.42 Å². The topological polar surface area (TPSA) is 0 Å². The lowest BCUT2D eigenvalue weighted by atomic mass is 10.00. The molecule has 1 heteroatoms. The van der Waals surface area contributed by atoms with E-state index in [9.17, 15) is 0 Å². The van der Waals surface area contributed by atoms with Crippen LogP contribution in [0.4, 0.5) is 0 Å². The Morgan fingerprint density at radius 3 is 1.63 bits per heavy atom. The summed E-state index contributed by atoms with van der Waals surface area (Å²) < 4.78 is 0. The predicted octanol–water partition coefficient (Wildman–Crippen LogP) is 5.07. The first-order valence-electron chi connectivity index (χ1n) is 9.72. The molecule has 27 heavy (non-hydrogen) atoms. The normalized spacial score (nSPS) is 14.4. The molecule has 0 aromatic heterocycles. The molecule has 0 fully saturated rings. The Kier molecular flexibility index (Phi) is 4.96. The Labute approximate surface area is 164 Å². The summed E-state index contributed by atoms with van der Waals surface area (Å²) in [5, 5.41) is 4.69. The fourth-order valence-corrected chi connectivity index (χ4v) is 7.66. The van der Waals surface area contributed by atoms with Gasteiger partial charge in [-0.1, -0.05) is 112 Å². The van der Waals surface area contributed by atoms with E-state index in [-0.39, 0.29) is 0 Å². The Hall–Kier alpha value is -2.64. The summed E-state index contributed by atoms with van der Waals surface area (Å²) in [6, 6.07) is 31.3. The van der Waals surface area contributed by atoms with Crippen molar-refractivity contribution in [3.05, 3.63) is 112 Å². The zero-order valence-corrected chi connectivity index (χ0v) is 17.5.